The minimum absolute atomic E-state index is 0.0194. The molecule has 4 heterocycles. The van der Waals surface area contributed by atoms with Crippen LogP contribution in [0.2, 0.25) is 0 Å². The second-order valence-corrected chi connectivity index (χ2v) is 9.38. The molecule has 8 heteroatoms. The number of carbonyl (C=O) groups excluding carboxylic acids is 2. The molecule has 5 rings (SSSR count). The Morgan fingerprint density at radius 2 is 2.03 bits per heavy atom. The van der Waals surface area contributed by atoms with Gasteiger partial charge in [0.1, 0.15) is 28.3 Å². The second kappa shape index (κ2) is 7.29. The maximum Gasteiger partial charge on any atom is 0.353 e. The van der Waals surface area contributed by atoms with Crippen molar-refractivity contribution in [3.63, 3.8) is 0 Å². The normalized spacial score (nSPS) is 20.2. The van der Waals surface area contributed by atoms with Crippen LogP contribution in [0.15, 0.2) is 41.8 Å². The summed E-state index contributed by atoms with van der Waals surface area (Å²) in [4.78, 5) is 28.2. The van der Waals surface area contributed by atoms with Gasteiger partial charge in [-0.2, -0.15) is 0 Å². The van der Waals surface area contributed by atoms with E-state index in [0.717, 1.165) is 35.6 Å². The molecule has 0 bridgehead atoms. The molecule has 0 saturated carbocycles. The van der Waals surface area contributed by atoms with Crippen molar-refractivity contribution in [2.45, 2.75) is 19.1 Å². The van der Waals surface area contributed by atoms with Crippen molar-refractivity contribution in [2.24, 2.45) is 0 Å². The van der Waals surface area contributed by atoms with E-state index in [0.29, 0.717) is 10.6 Å². The summed E-state index contributed by atoms with van der Waals surface area (Å²) in [5.41, 5.74) is 2.93. The van der Waals surface area contributed by atoms with E-state index in [-0.39, 0.29) is 18.0 Å². The molecule has 2 aliphatic heterocycles. The van der Waals surface area contributed by atoms with E-state index in [1.165, 1.54) is 26.7 Å². The summed E-state index contributed by atoms with van der Waals surface area (Å²) in [5, 5.41) is 9.32. The molecule has 1 unspecified atom stereocenters. The highest BCUT2D eigenvalue weighted by molar-refractivity contribution is 7.16. The number of anilines is 1. The van der Waals surface area contributed by atoms with Crippen molar-refractivity contribution < 1.29 is 19.2 Å². The molecule has 6 nitrogen and oxygen atoms in total. The predicted molar refractivity (Wildman–Crippen MR) is 113 cm³/mol. The maximum absolute atomic E-state index is 12.8. The summed E-state index contributed by atoms with van der Waals surface area (Å²) >= 11 is 3.04. The average Bonchev–Trinajstić information content (AvgIpc) is 3.36. The molecule has 2 aromatic heterocycles. The first kappa shape index (κ1) is 18.4. The van der Waals surface area contributed by atoms with Gasteiger partial charge >= 0.3 is 5.97 Å². The van der Waals surface area contributed by atoms with Crippen molar-refractivity contribution in [2.75, 3.05) is 18.9 Å². The summed E-state index contributed by atoms with van der Waals surface area (Å²) in [7, 11) is 2.19. The van der Waals surface area contributed by atoms with Crippen LogP contribution in [0, 0.1) is 0 Å². The van der Waals surface area contributed by atoms with E-state index in [1.54, 1.807) is 29.5 Å². The molecular formula is C21H20N3O3S2+. The number of rotatable bonds is 3. The molecule has 0 aliphatic carbocycles. The minimum atomic E-state index is -0.363. The molecule has 3 N–H and O–H groups in total. The molecule has 29 heavy (non-hydrogen) atoms. The first-order valence-electron chi connectivity index (χ1n) is 9.47. The number of thiophene rings is 2. The first-order valence-corrected chi connectivity index (χ1v) is 11.2. The number of amides is 1. The number of likely N-dealkylation sites (N-methyl/N-ethyl adjacent to an activating group) is 1. The molecule has 0 saturated heterocycles. The largest absolute Gasteiger partial charge is 0.422 e. The summed E-state index contributed by atoms with van der Waals surface area (Å²) < 4.78 is 5.41. The topological polar surface area (TPSA) is 71.9 Å². The van der Waals surface area contributed by atoms with Gasteiger partial charge in [0.2, 0.25) is 0 Å². The van der Waals surface area contributed by atoms with Crippen molar-refractivity contribution in [3.8, 4) is 5.75 Å². The van der Waals surface area contributed by atoms with E-state index in [1.807, 2.05) is 23.6 Å². The van der Waals surface area contributed by atoms with Gasteiger partial charge in [-0.3, -0.25) is 4.79 Å². The highest BCUT2D eigenvalue weighted by atomic mass is 32.1. The quantitative estimate of drug-likeness (QED) is 0.444. The second-order valence-electron chi connectivity index (χ2n) is 7.33. The van der Waals surface area contributed by atoms with Crippen molar-refractivity contribution in [1.29, 1.82) is 0 Å². The number of nitrogens with one attached hydrogen (secondary N) is 3. The standard InChI is InChI=1S/C21H19N3O3S2/c1-24-9-8-14-16(11-24)29-20-17(14)19(25)22-18(23-20)12-4-6-13(7-5-12)27-21(26)15-3-2-10-28-15/h2-7,10,18,23H,8-9,11H2,1H3,(H,22,25)/p+1/t18-/m1/s1. The lowest BCUT2D eigenvalue weighted by atomic mass is 10.0. The van der Waals surface area contributed by atoms with Gasteiger partial charge in [-0.15, -0.1) is 22.7 Å². The Bertz CT molecular complexity index is 1070. The molecule has 1 amide bonds. The lowest BCUT2D eigenvalue weighted by Crippen LogP contribution is -3.08. The lowest BCUT2D eigenvalue weighted by Gasteiger charge is -2.27. The van der Waals surface area contributed by atoms with Crippen LogP contribution in [0.3, 0.4) is 0 Å². The van der Waals surface area contributed by atoms with Crippen LogP contribution in [0.5, 0.6) is 5.75 Å². The van der Waals surface area contributed by atoms with Crippen LogP contribution in [0.25, 0.3) is 0 Å². The zero-order valence-electron chi connectivity index (χ0n) is 15.8. The van der Waals surface area contributed by atoms with Gasteiger partial charge in [0.25, 0.3) is 5.91 Å². The zero-order valence-corrected chi connectivity index (χ0v) is 17.4. The third kappa shape index (κ3) is 3.43. The third-order valence-corrected chi connectivity index (χ3v) is 7.29. The first-order chi connectivity index (χ1) is 14.1. The van der Waals surface area contributed by atoms with Gasteiger partial charge in [-0.05, 0) is 34.7 Å². The number of quaternary nitrogens is 1. The Kier molecular flexibility index (Phi) is 4.61. The van der Waals surface area contributed by atoms with Crippen molar-refractivity contribution in [3.05, 3.63) is 68.2 Å². The van der Waals surface area contributed by atoms with Crippen LogP contribution in [-0.2, 0) is 13.0 Å². The van der Waals surface area contributed by atoms with Gasteiger partial charge in [-0.25, -0.2) is 4.79 Å². The van der Waals surface area contributed by atoms with Gasteiger partial charge in [0, 0.05) is 6.42 Å². The van der Waals surface area contributed by atoms with E-state index < -0.39 is 0 Å². The summed E-state index contributed by atoms with van der Waals surface area (Å²) in [6.45, 7) is 2.02. The molecule has 0 spiro atoms. The fourth-order valence-corrected chi connectivity index (χ4v) is 5.77. The number of esters is 1. The highest BCUT2D eigenvalue weighted by Gasteiger charge is 2.33. The monoisotopic (exact) mass is 426 g/mol. The van der Waals surface area contributed by atoms with Gasteiger partial charge in [0.05, 0.1) is 24.0 Å². The number of fused-ring (bicyclic) bond motifs is 3. The minimum Gasteiger partial charge on any atom is -0.422 e. The fraction of sp³-hybridized carbons (Fsp3) is 0.238. The predicted octanol–water partition coefficient (Wildman–Crippen LogP) is 2.45. The van der Waals surface area contributed by atoms with Crippen LogP contribution < -0.4 is 20.3 Å². The van der Waals surface area contributed by atoms with Crippen molar-refractivity contribution >= 4 is 39.6 Å². The Morgan fingerprint density at radius 3 is 2.79 bits per heavy atom. The van der Waals surface area contributed by atoms with Gasteiger partial charge < -0.3 is 20.3 Å². The third-order valence-electron chi connectivity index (χ3n) is 5.28. The Morgan fingerprint density at radius 1 is 1.21 bits per heavy atom. The molecular weight excluding hydrogens is 406 g/mol. The van der Waals surface area contributed by atoms with Crippen LogP contribution in [0.4, 0.5) is 5.00 Å². The Balaban J connectivity index is 1.33. The van der Waals surface area contributed by atoms with Crippen LogP contribution in [-0.4, -0.2) is 25.5 Å². The fourth-order valence-electron chi connectivity index (χ4n) is 3.78. The number of ether oxygens (including phenoxy) is 1. The van der Waals surface area contributed by atoms with Crippen LogP contribution in [0.1, 0.15) is 42.2 Å². The SMILES string of the molecule is C[NH+]1CCc2c(sc3c2C(=O)N[C@@H](c2ccc(OC(=O)c4cccs4)cc2)N3)C1. The van der Waals surface area contributed by atoms with Gasteiger partial charge in [0.15, 0.2) is 0 Å². The van der Waals surface area contributed by atoms with Crippen molar-refractivity contribution in [1.82, 2.24) is 5.32 Å². The van der Waals surface area contributed by atoms with E-state index >= 15 is 0 Å². The van der Waals surface area contributed by atoms with E-state index in [9.17, 15) is 9.59 Å². The molecule has 148 valence electrons. The van der Waals surface area contributed by atoms with Gasteiger partial charge in [-0.1, -0.05) is 18.2 Å². The van der Waals surface area contributed by atoms with E-state index in [4.69, 9.17) is 4.74 Å². The Labute approximate surface area is 176 Å². The Hall–Kier alpha value is -2.68. The molecule has 2 atom stereocenters. The number of hydrogen-bond acceptors (Lipinski definition) is 6. The van der Waals surface area contributed by atoms with E-state index in [2.05, 4.69) is 17.7 Å². The molecule has 0 radical (unpaired) electrons. The zero-order chi connectivity index (χ0) is 20.0. The molecule has 0 fully saturated rings. The highest BCUT2D eigenvalue weighted by Crippen LogP contribution is 2.39. The smallest absolute Gasteiger partial charge is 0.353 e. The number of hydrogen-bond donors (Lipinski definition) is 3. The summed E-state index contributed by atoms with van der Waals surface area (Å²) in [6.07, 6.45) is 0.638. The molecule has 3 aromatic rings. The lowest BCUT2D eigenvalue weighted by molar-refractivity contribution is -0.895. The molecule has 1 aromatic carbocycles. The number of carbonyl (C=O) groups is 2. The summed E-state index contributed by atoms with van der Waals surface area (Å²) in [5.74, 6) is 0.0966. The van der Waals surface area contributed by atoms with Crippen LogP contribution >= 0.6 is 22.7 Å². The number of benzene rings is 1. The average molecular weight is 427 g/mol. The maximum atomic E-state index is 12.8. The molecule has 2 aliphatic rings. The summed E-state index contributed by atoms with van der Waals surface area (Å²) in [6, 6.07) is 10.8.